The first-order valence-corrected chi connectivity index (χ1v) is 6.22. The van der Waals surface area contributed by atoms with Gasteiger partial charge in [0.1, 0.15) is 5.56 Å². The van der Waals surface area contributed by atoms with Crippen molar-refractivity contribution in [3.8, 4) is 0 Å². The number of amides is 1. The first kappa shape index (κ1) is 16.9. The third-order valence-electron chi connectivity index (χ3n) is 3.32. The van der Waals surface area contributed by atoms with E-state index in [2.05, 4.69) is 0 Å². The molecular formula is C13H15F3N2O3. The Bertz CT molecular complexity index is 558. The minimum Gasteiger partial charge on any atom is -0.339 e. The van der Waals surface area contributed by atoms with E-state index in [0.29, 0.717) is 18.6 Å². The Hall–Kier alpha value is -2.12. The molecule has 0 aromatic heterocycles. The number of rotatable bonds is 4. The largest absolute Gasteiger partial charge is 0.416 e. The summed E-state index contributed by atoms with van der Waals surface area (Å²) in [5.41, 5.74) is -2.35. The molecule has 0 fully saturated rings. The van der Waals surface area contributed by atoms with Crippen molar-refractivity contribution in [1.29, 1.82) is 0 Å². The van der Waals surface area contributed by atoms with Crippen molar-refractivity contribution in [3.05, 3.63) is 39.4 Å². The second-order valence-electron chi connectivity index (χ2n) is 4.66. The fraction of sp³-hybridized carbons (Fsp3) is 0.462. The third-order valence-corrected chi connectivity index (χ3v) is 3.32. The smallest absolute Gasteiger partial charge is 0.339 e. The lowest BCUT2D eigenvalue weighted by Gasteiger charge is -2.23. The van der Waals surface area contributed by atoms with E-state index < -0.39 is 28.3 Å². The Balaban J connectivity index is 3.31. The van der Waals surface area contributed by atoms with Crippen molar-refractivity contribution in [2.45, 2.75) is 32.5 Å². The number of carbonyl (C=O) groups excluding carboxylic acids is 1. The van der Waals surface area contributed by atoms with Crippen LogP contribution in [-0.2, 0) is 6.18 Å². The molecule has 1 atom stereocenters. The van der Waals surface area contributed by atoms with Gasteiger partial charge in [0.25, 0.3) is 11.6 Å². The van der Waals surface area contributed by atoms with Crippen LogP contribution in [0.25, 0.3) is 0 Å². The van der Waals surface area contributed by atoms with E-state index in [0.717, 1.165) is 6.07 Å². The molecule has 21 heavy (non-hydrogen) atoms. The number of nitrogens with zero attached hydrogens (tertiary/aromatic N) is 2. The van der Waals surface area contributed by atoms with E-state index in [1.54, 1.807) is 6.92 Å². The molecule has 8 heteroatoms. The number of nitro benzene ring substituents is 1. The quantitative estimate of drug-likeness (QED) is 0.632. The summed E-state index contributed by atoms with van der Waals surface area (Å²) < 4.78 is 37.8. The fourth-order valence-corrected chi connectivity index (χ4v) is 1.70. The number of carbonyl (C=O) groups is 1. The summed E-state index contributed by atoms with van der Waals surface area (Å²) in [7, 11) is 1.46. The van der Waals surface area contributed by atoms with Crippen molar-refractivity contribution >= 4 is 11.6 Å². The van der Waals surface area contributed by atoms with Gasteiger partial charge < -0.3 is 4.90 Å². The highest BCUT2D eigenvalue weighted by atomic mass is 19.4. The lowest BCUT2D eigenvalue weighted by Crippen LogP contribution is -2.35. The van der Waals surface area contributed by atoms with Gasteiger partial charge in [0.15, 0.2) is 0 Å². The summed E-state index contributed by atoms with van der Waals surface area (Å²) in [6.45, 7) is 3.57. The maximum absolute atomic E-state index is 12.6. The lowest BCUT2D eigenvalue weighted by molar-refractivity contribution is -0.385. The van der Waals surface area contributed by atoms with Crippen LogP contribution >= 0.6 is 0 Å². The van der Waals surface area contributed by atoms with Crippen LogP contribution in [0, 0.1) is 10.1 Å². The predicted molar refractivity (Wildman–Crippen MR) is 69.9 cm³/mol. The molecular weight excluding hydrogens is 289 g/mol. The highest BCUT2D eigenvalue weighted by Crippen LogP contribution is 2.33. The molecule has 116 valence electrons. The van der Waals surface area contributed by atoms with E-state index in [1.807, 2.05) is 6.92 Å². The molecule has 1 aromatic carbocycles. The normalized spacial score (nSPS) is 12.9. The van der Waals surface area contributed by atoms with Gasteiger partial charge in [0, 0.05) is 19.2 Å². The number of nitro groups is 1. The Kier molecular flexibility index (Phi) is 4.93. The van der Waals surface area contributed by atoms with Crippen LogP contribution in [0.1, 0.15) is 36.2 Å². The Morgan fingerprint density at radius 3 is 2.43 bits per heavy atom. The maximum Gasteiger partial charge on any atom is 0.416 e. The zero-order valence-corrected chi connectivity index (χ0v) is 11.8. The van der Waals surface area contributed by atoms with E-state index in [4.69, 9.17) is 0 Å². The minimum atomic E-state index is -4.70. The van der Waals surface area contributed by atoms with Gasteiger partial charge in [0.05, 0.1) is 10.5 Å². The predicted octanol–water partition coefficient (Wildman–Crippen LogP) is 3.48. The third kappa shape index (κ3) is 3.71. The second-order valence-corrected chi connectivity index (χ2v) is 4.66. The van der Waals surface area contributed by atoms with Gasteiger partial charge in [-0.15, -0.1) is 0 Å². The topological polar surface area (TPSA) is 63.5 Å². The van der Waals surface area contributed by atoms with Crippen molar-refractivity contribution in [2.24, 2.45) is 0 Å². The summed E-state index contributed by atoms with van der Waals surface area (Å²) in [6.07, 6.45) is -4.08. The number of alkyl halides is 3. The second kappa shape index (κ2) is 6.11. The van der Waals surface area contributed by atoms with Gasteiger partial charge in [-0.3, -0.25) is 14.9 Å². The van der Waals surface area contributed by atoms with E-state index in [1.165, 1.54) is 11.9 Å². The van der Waals surface area contributed by atoms with Gasteiger partial charge in [-0.25, -0.2) is 0 Å². The van der Waals surface area contributed by atoms with Crippen LogP contribution in [0.4, 0.5) is 18.9 Å². The molecule has 0 heterocycles. The van der Waals surface area contributed by atoms with Gasteiger partial charge in [-0.1, -0.05) is 6.92 Å². The average molecular weight is 304 g/mol. The highest BCUT2D eigenvalue weighted by molar-refractivity contribution is 5.98. The van der Waals surface area contributed by atoms with Gasteiger partial charge >= 0.3 is 6.18 Å². The van der Waals surface area contributed by atoms with Crippen molar-refractivity contribution in [2.75, 3.05) is 7.05 Å². The summed E-state index contributed by atoms with van der Waals surface area (Å²) in [5, 5.41) is 10.9. The van der Waals surface area contributed by atoms with E-state index >= 15 is 0 Å². The molecule has 1 amide bonds. The Morgan fingerprint density at radius 1 is 1.43 bits per heavy atom. The molecule has 0 bridgehead atoms. The summed E-state index contributed by atoms with van der Waals surface area (Å²) in [6, 6.07) is 1.73. The number of halogens is 3. The van der Waals surface area contributed by atoms with Gasteiger partial charge in [0.2, 0.25) is 0 Å². The molecule has 0 radical (unpaired) electrons. The van der Waals surface area contributed by atoms with Crippen molar-refractivity contribution in [3.63, 3.8) is 0 Å². The Labute approximate surface area is 119 Å². The molecule has 0 saturated heterocycles. The van der Waals surface area contributed by atoms with Crippen molar-refractivity contribution < 1.29 is 22.9 Å². The molecule has 0 aliphatic rings. The molecule has 0 aliphatic heterocycles. The molecule has 0 spiro atoms. The molecule has 1 unspecified atom stereocenters. The van der Waals surface area contributed by atoms with Crippen LogP contribution < -0.4 is 0 Å². The van der Waals surface area contributed by atoms with Crippen molar-refractivity contribution in [1.82, 2.24) is 4.90 Å². The maximum atomic E-state index is 12.6. The molecule has 5 nitrogen and oxygen atoms in total. The van der Waals surface area contributed by atoms with Gasteiger partial charge in [-0.05, 0) is 25.5 Å². The monoisotopic (exact) mass is 304 g/mol. The summed E-state index contributed by atoms with van der Waals surface area (Å²) >= 11 is 0. The zero-order valence-electron chi connectivity index (χ0n) is 11.8. The van der Waals surface area contributed by atoms with Crippen LogP contribution in [0.3, 0.4) is 0 Å². The van der Waals surface area contributed by atoms with Crippen LogP contribution in [0.15, 0.2) is 18.2 Å². The fourth-order valence-electron chi connectivity index (χ4n) is 1.70. The molecule has 0 aliphatic carbocycles. The summed E-state index contributed by atoms with van der Waals surface area (Å²) in [5.74, 6) is -0.676. The first-order valence-electron chi connectivity index (χ1n) is 6.22. The number of benzene rings is 1. The zero-order chi connectivity index (χ0) is 16.4. The van der Waals surface area contributed by atoms with E-state index in [-0.39, 0.29) is 11.6 Å². The van der Waals surface area contributed by atoms with Crippen LogP contribution in [0.2, 0.25) is 0 Å². The van der Waals surface area contributed by atoms with Gasteiger partial charge in [-0.2, -0.15) is 13.2 Å². The van der Waals surface area contributed by atoms with E-state index in [9.17, 15) is 28.1 Å². The highest BCUT2D eigenvalue weighted by Gasteiger charge is 2.34. The standard InChI is InChI=1S/C13H15F3N2O3/c1-4-8(2)17(3)12(19)10-6-5-9(13(14,15)16)7-11(10)18(20)21/h5-8H,4H2,1-3H3. The molecule has 0 saturated carbocycles. The molecule has 1 aromatic rings. The Morgan fingerprint density at radius 2 is 2.00 bits per heavy atom. The number of hydrogen-bond donors (Lipinski definition) is 0. The van der Waals surface area contributed by atoms with Crippen LogP contribution in [-0.4, -0.2) is 28.8 Å². The van der Waals surface area contributed by atoms with Crippen LogP contribution in [0.5, 0.6) is 0 Å². The number of hydrogen-bond acceptors (Lipinski definition) is 3. The average Bonchev–Trinajstić information content (AvgIpc) is 2.43. The molecule has 1 rings (SSSR count). The SMILES string of the molecule is CCC(C)N(C)C(=O)c1ccc(C(F)(F)F)cc1[N+](=O)[O-]. The lowest BCUT2D eigenvalue weighted by atomic mass is 10.1. The minimum absolute atomic E-state index is 0.181. The summed E-state index contributed by atoms with van der Waals surface area (Å²) in [4.78, 5) is 23.4. The first-order chi connectivity index (χ1) is 9.59. The molecule has 0 N–H and O–H groups in total.